The van der Waals surface area contributed by atoms with E-state index in [1.807, 2.05) is 71.7 Å². The van der Waals surface area contributed by atoms with Crippen molar-refractivity contribution in [2.45, 2.75) is 12.8 Å². The minimum absolute atomic E-state index is 0.668. The van der Waals surface area contributed by atoms with E-state index in [-0.39, 0.29) is 0 Å². The largest absolute Gasteiger partial charge is 0.399 e. The van der Waals surface area contributed by atoms with Crippen LogP contribution in [-0.4, -0.2) is 25.0 Å². The lowest BCUT2D eigenvalue weighted by Crippen LogP contribution is -1.94. The number of nitrogens with zero attached hydrogens (tertiary/aromatic N) is 4. The van der Waals surface area contributed by atoms with Gasteiger partial charge in [-0.15, -0.1) is 0 Å². The molecule has 0 unspecified atom stereocenters. The third-order valence-electron chi connectivity index (χ3n) is 3.95. The summed E-state index contributed by atoms with van der Waals surface area (Å²) in [5, 5.41) is 11.7. The zero-order valence-corrected chi connectivity index (χ0v) is 13.6. The lowest BCUT2D eigenvalue weighted by Gasteiger charge is -1.99. The highest BCUT2D eigenvalue weighted by Gasteiger charge is 2.07. The Balaban J connectivity index is 1.44. The number of benzene rings is 2. The Morgan fingerprint density at radius 2 is 1.72 bits per heavy atom. The number of aromatic nitrogens is 5. The number of para-hydroxylation sites is 1. The number of nitrogens with one attached hydrogen (secondary N) is 1. The van der Waals surface area contributed by atoms with E-state index in [0.717, 1.165) is 34.2 Å². The van der Waals surface area contributed by atoms with Crippen molar-refractivity contribution in [3.8, 4) is 5.69 Å². The number of aromatic amines is 1. The fraction of sp³-hybridized carbons (Fsp3) is 0.105. The predicted molar refractivity (Wildman–Crippen MR) is 96.4 cm³/mol. The molecule has 2 aromatic carbocycles. The molecule has 0 atom stereocenters. The van der Waals surface area contributed by atoms with Crippen LogP contribution in [0.4, 0.5) is 5.69 Å². The molecule has 0 aliphatic heterocycles. The maximum Gasteiger partial charge on any atom is 0.155 e. The van der Waals surface area contributed by atoms with Crippen LogP contribution in [0.3, 0.4) is 0 Å². The molecule has 0 amide bonds. The molecule has 0 aliphatic carbocycles. The first-order valence-electron chi connectivity index (χ1n) is 8.10. The Morgan fingerprint density at radius 1 is 0.920 bits per heavy atom. The van der Waals surface area contributed by atoms with Crippen LogP contribution in [0.15, 0.2) is 67.0 Å². The Kier molecular flexibility index (Phi) is 4.00. The van der Waals surface area contributed by atoms with E-state index >= 15 is 0 Å². The maximum atomic E-state index is 5.71. The summed E-state index contributed by atoms with van der Waals surface area (Å²) in [6.07, 6.45) is 5.22. The van der Waals surface area contributed by atoms with Gasteiger partial charge in [0.05, 0.1) is 11.9 Å². The minimum atomic E-state index is 0.668. The molecule has 2 heterocycles. The van der Waals surface area contributed by atoms with Gasteiger partial charge in [-0.1, -0.05) is 30.3 Å². The second-order valence-corrected chi connectivity index (χ2v) is 5.92. The molecule has 25 heavy (non-hydrogen) atoms. The smallest absolute Gasteiger partial charge is 0.155 e. The molecule has 6 heteroatoms. The van der Waals surface area contributed by atoms with E-state index in [0.29, 0.717) is 12.8 Å². The predicted octanol–water partition coefficient (Wildman–Crippen LogP) is 2.75. The van der Waals surface area contributed by atoms with Crippen molar-refractivity contribution in [1.82, 2.24) is 25.0 Å². The van der Waals surface area contributed by atoms with Crippen molar-refractivity contribution in [3.05, 3.63) is 89.8 Å². The first kappa shape index (κ1) is 15.1. The van der Waals surface area contributed by atoms with Crippen LogP contribution in [-0.2, 0) is 12.8 Å². The molecule has 0 spiro atoms. The van der Waals surface area contributed by atoms with E-state index in [4.69, 9.17) is 5.73 Å². The van der Waals surface area contributed by atoms with Gasteiger partial charge in [-0.05, 0) is 35.4 Å². The Bertz CT molecular complexity index is 953. The average molecular weight is 330 g/mol. The normalized spacial score (nSPS) is 10.9. The number of hydrogen-bond acceptors (Lipinski definition) is 4. The molecule has 0 radical (unpaired) electrons. The number of rotatable bonds is 5. The van der Waals surface area contributed by atoms with Crippen molar-refractivity contribution < 1.29 is 0 Å². The summed E-state index contributed by atoms with van der Waals surface area (Å²) in [6, 6.07) is 17.8. The van der Waals surface area contributed by atoms with Crippen LogP contribution in [0, 0.1) is 0 Å². The summed E-state index contributed by atoms with van der Waals surface area (Å²) in [5.41, 5.74) is 9.72. The van der Waals surface area contributed by atoms with Crippen LogP contribution in [0.2, 0.25) is 0 Å². The fourth-order valence-electron chi connectivity index (χ4n) is 2.68. The van der Waals surface area contributed by atoms with Crippen molar-refractivity contribution in [2.24, 2.45) is 0 Å². The van der Waals surface area contributed by atoms with Gasteiger partial charge in [-0.3, -0.25) is 5.10 Å². The molecule has 124 valence electrons. The van der Waals surface area contributed by atoms with E-state index in [1.54, 1.807) is 0 Å². The van der Waals surface area contributed by atoms with Crippen LogP contribution in [0.25, 0.3) is 5.69 Å². The van der Waals surface area contributed by atoms with Gasteiger partial charge in [0, 0.05) is 24.7 Å². The highest BCUT2D eigenvalue weighted by Crippen LogP contribution is 2.12. The third-order valence-corrected chi connectivity index (χ3v) is 3.95. The molecule has 4 rings (SSSR count). The number of hydrogen-bond donors (Lipinski definition) is 2. The zero-order valence-electron chi connectivity index (χ0n) is 13.6. The minimum Gasteiger partial charge on any atom is -0.399 e. The van der Waals surface area contributed by atoms with E-state index in [2.05, 4.69) is 20.3 Å². The molecule has 0 saturated heterocycles. The molecule has 3 N–H and O–H groups in total. The summed E-state index contributed by atoms with van der Waals surface area (Å²) in [4.78, 5) is 4.57. The second-order valence-electron chi connectivity index (χ2n) is 5.92. The van der Waals surface area contributed by atoms with Crippen molar-refractivity contribution in [1.29, 1.82) is 0 Å². The molecular formula is C19H18N6. The highest BCUT2D eigenvalue weighted by atomic mass is 15.3. The fourth-order valence-corrected chi connectivity index (χ4v) is 2.68. The molecule has 4 aromatic rings. The van der Waals surface area contributed by atoms with Gasteiger partial charge in [0.15, 0.2) is 5.82 Å². The lowest BCUT2D eigenvalue weighted by atomic mass is 10.1. The topological polar surface area (TPSA) is 85.4 Å². The van der Waals surface area contributed by atoms with Crippen molar-refractivity contribution >= 4 is 5.69 Å². The van der Waals surface area contributed by atoms with Crippen LogP contribution in [0.1, 0.15) is 22.8 Å². The molecule has 2 aromatic heterocycles. The van der Waals surface area contributed by atoms with Gasteiger partial charge in [0.2, 0.25) is 0 Å². The molecule has 0 bridgehead atoms. The zero-order chi connectivity index (χ0) is 17.1. The number of anilines is 1. The van der Waals surface area contributed by atoms with Gasteiger partial charge in [0.25, 0.3) is 0 Å². The third kappa shape index (κ3) is 3.58. The summed E-state index contributed by atoms with van der Waals surface area (Å²) in [7, 11) is 0. The maximum absolute atomic E-state index is 5.71. The van der Waals surface area contributed by atoms with Gasteiger partial charge in [0.1, 0.15) is 5.82 Å². The molecule has 0 aliphatic rings. The van der Waals surface area contributed by atoms with Gasteiger partial charge < -0.3 is 5.73 Å². The highest BCUT2D eigenvalue weighted by molar-refractivity contribution is 5.39. The van der Waals surface area contributed by atoms with Crippen LogP contribution >= 0.6 is 0 Å². The van der Waals surface area contributed by atoms with E-state index in [9.17, 15) is 0 Å². The molecule has 0 fully saturated rings. The van der Waals surface area contributed by atoms with Crippen molar-refractivity contribution in [2.75, 3.05) is 5.73 Å². The Morgan fingerprint density at radius 3 is 2.52 bits per heavy atom. The summed E-state index contributed by atoms with van der Waals surface area (Å²) in [6.45, 7) is 0. The van der Waals surface area contributed by atoms with E-state index < -0.39 is 0 Å². The van der Waals surface area contributed by atoms with E-state index in [1.165, 1.54) is 0 Å². The number of nitrogen functional groups attached to an aromatic ring is 1. The first-order valence-corrected chi connectivity index (χ1v) is 8.10. The Hall–Kier alpha value is -3.41. The molecule has 6 nitrogen and oxygen atoms in total. The molecule has 0 saturated carbocycles. The summed E-state index contributed by atoms with van der Waals surface area (Å²) in [5.74, 6) is 1.60. The molecular weight excluding hydrogens is 312 g/mol. The van der Waals surface area contributed by atoms with Gasteiger partial charge >= 0.3 is 0 Å². The Labute approximate surface area is 145 Å². The average Bonchev–Trinajstić information content (AvgIpc) is 3.28. The standard InChI is InChI=1S/C19H18N6/c20-16-8-6-14(7-9-16)10-18-22-19(24-23-18)11-15-12-21-25(13-15)17-4-2-1-3-5-17/h1-9,12-13H,10-11,20H2,(H,22,23,24). The SMILES string of the molecule is Nc1ccc(Cc2n[nH]c(Cc3cnn(-c4ccccc4)c3)n2)cc1. The van der Waals surface area contributed by atoms with Gasteiger partial charge in [-0.25, -0.2) is 9.67 Å². The monoisotopic (exact) mass is 330 g/mol. The summed E-state index contributed by atoms with van der Waals surface area (Å²) < 4.78 is 1.86. The quantitative estimate of drug-likeness (QED) is 0.551. The lowest BCUT2D eigenvalue weighted by molar-refractivity contribution is 0.879. The van der Waals surface area contributed by atoms with Crippen molar-refractivity contribution in [3.63, 3.8) is 0 Å². The van der Waals surface area contributed by atoms with Gasteiger partial charge in [-0.2, -0.15) is 10.2 Å². The van der Waals surface area contributed by atoms with Crippen LogP contribution < -0.4 is 5.73 Å². The number of H-pyrrole nitrogens is 1. The summed E-state index contributed by atoms with van der Waals surface area (Å²) >= 11 is 0. The van der Waals surface area contributed by atoms with Crippen LogP contribution in [0.5, 0.6) is 0 Å². The number of nitrogens with two attached hydrogens (primary N) is 1. The first-order chi connectivity index (χ1) is 12.3. The second kappa shape index (κ2) is 6.60.